The first-order chi connectivity index (χ1) is 9.11. The van der Waals surface area contributed by atoms with E-state index in [4.69, 9.17) is 17.3 Å². The SMILES string of the molecule is CCC(C)N1CCN(Cc2c(N)cccc2Cl)CC1. The Morgan fingerprint density at radius 1 is 1.26 bits per heavy atom. The molecule has 3 nitrogen and oxygen atoms in total. The fraction of sp³-hybridized carbons (Fsp3) is 0.600. The van der Waals surface area contributed by atoms with Crippen molar-refractivity contribution in [1.29, 1.82) is 0 Å². The van der Waals surface area contributed by atoms with Gasteiger partial charge in [-0.3, -0.25) is 9.80 Å². The first kappa shape index (κ1) is 14.6. The Hall–Kier alpha value is -0.770. The van der Waals surface area contributed by atoms with Crippen LogP contribution in [0.4, 0.5) is 5.69 Å². The van der Waals surface area contributed by atoms with Gasteiger partial charge in [-0.25, -0.2) is 0 Å². The minimum Gasteiger partial charge on any atom is -0.398 e. The van der Waals surface area contributed by atoms with E-state index < -0.39 is 0 Å². The molecule has 106 valence electrons. The second-order valence-electron chi connectivity index (χ2n) is 5.38. The fourth-order valence-electron chi connectivity index (χ4n) is 2.59. The Morgan fingerprint density at radius 3 is 2.53 bits per heavy atom. The van der Waals surface area contributed by atoms with E-state index in [1.807, 2.05) is 18.2 Å². The average Bonchev–Trinajstić information content (AvgIpc) is 2.43. The lowest BCUT2D eigenvalue weighted by Crippen LogP contribution is -2.49. The lowest BCUT2D eigenvalue weighted by Gasteiger charge is -2.38. The van der Waals surface area contributed by atoms with Crippen LogP contribution in [0.1, 0.15) is 25.8 Å². The highest BCUT2D eigenvalue weighted by Gasteiger charge is 2.21. The van der Waals surface area contributed by atoms with E-state index in [0.717, 1.165) is 49.0 Å². The molecular formula is C15H24ClN3. The lowest BCUT2D eigenvalue weighted by atomic mass is 10.1. The lowest BCUT2D eigenvalue weighted by molar-refractivity contribution is 0.0965. The molecule has 0 spiro atoms. The fourth-order valence-corrected chi connectivity index (χ4v) is 2.83. The van der Waals surface area contributed by atoms with Crippen LogP contribution in [0.15, 0.2) is 18.2 Å². The minimum absolute atomic E-state index is 0.688. The normalized spacial score (nSPS) is 19.5. The molecule has 0 radical (unpaired) electrons. The van der Waals surface area contributed by atoms with Crippen LogP contribution in [0.5, 0.6) is 0 Å². The molecule has 0 amide bonds. The van der Waals surface area contributed by atoms with Gasteiger partial charge in [0, 0.05) is 55.0 Å². The summed E-state index contributed by atoms with van der Waals surface area (Å²) in [6.07, 6.45) is 1.22. The number of piperazine rings is 1. The van der Waals surface area contributed by atoms with E-state index in [0.29, 0.717) is 6.04 Å². The summed E-state index contributed by atoms with van der Waals surface area (Å²) in [4.78, 5) is 5.00. The van der Waals surface area contributed by atoms with Gasteiger partial charge in [-0.1, -0.05) is 24.6 Å². The third kappa shape index (κ3) is 3.62. The van der Waals surface area contributed by atoms with E-state index in [-0.39, 0.29) is 0 Å². The van der Waals surface area contributed by atoms with Gasteiger partial charge in [-0.2, -0.15) is 0 Å². The van der Waals surface area contributed by atoms with Gasteiger partial charge in [0.15, 0.2) is 0 Å². The van der Waals surface area contributed by atoms with Crippen molar-refractivity contribution in [2.45, 2.75) is 32.9 Å². The molecule has 1 fully saturated rings. The molecule has 1 unspecified atom stereocenters. The number of nitrogens with two attached hydrogens (primary N) is 1. The molecule has 1 aliphatic rings. The molecular weight excluding hydrogens is 258 g/mol. The molecule has 0 aliphatic carbocycles. The van der Waals surface area contributed by atoms with Crippen LogP contribution in [0.3, 0.4) is 0 Å². The zero-order valence-corrected chi connectivity index (χ0v) is 12.7. The van der Waals surface area contributed by atoms with Crippen LogP contribution in [-0.4, -0.2) is 42.0 Å². The summed E-state index contributed by atoms with van der Waals surface area (Å²) >= 11 is 6.23. The molecule has 4 heteroatoms. The van der Waals surface area contributed by atoms with Crippen LogP contribution in [0, 0.1) is 0 Å². The molecule has 1 aliphatic heterocycles. The Bertz CT molecular complexity index is 394. The molecule has 0 aromatic heterocycles. The highest BCUT2D eigenvalue weighted by molar-refractivity contribution is 6.31. The number of hydrogen-bond acceptors (Lipinski definition) is 3. The predicted molar refractivity (Wildman–Crippen MR) is 82.5 cm³/mol. The Labute approximate surface area is 121 Å². The summed E-state index contributed by atoms with van der Waals surface area (Å²) in [6, 6.07) is 6.44. The third-order valence-electron chi connectivity index (χ3n) is 4.16. The summed E-state index contributed by atoms with van der Waals surface area (Å²) in [5.41, 5.74) is 7.89. The van der Waals surface area contributed by atoms with E-state index >= 15 is 0 Å². The number of nitrogens with zero attached hydrogens (tertiary/aromatic N) is 2. The predicted octanol–water partition coefficient (Wildman–Crippen LogP) is 2.84. The molecule has 1 aromatic carbocycles. The molecule has 0 saturated carbocycles. The number of nitrogen functional groups attached to an aromatic ring is 1. The maximum absolute atomic E-state index is 6.23. The summed E-state index contributed by atoms with van der Waals surface area (Å²) in [5, 5.41) is 0.782. The van der Waals surface area contributed by atoms with E-state index in [2.05, 4.69) is 23.6 Å². The average molecular weight is 282 g/mol. The summed E-state index contributed by atoms with van der Waals surface area (Å²) in [7, 11) is 0. The highest BCUT2D eigenvalue weighted by Crippen LogP contribution is 2.24. The Balaban J connectivity index is 1.92. The standard InChI is InChI=1S/C15H24ClN3/c1-3-12(2)19-9-7-18(8-10-19)11-13-14(16)5-4-6-15(13)17/h4-6,12H,3,7-11,17H2,1-2H3. The van der Waals surface area contributed by atoms with Gasteiger partial charge in [0.2, 0.25) is 0 Å². The second kappa shape index (κ2) is 6.60. The molecule has 19 heavy (non-hydrogen) atoms. The Morgan fingerprint density at radius 2 is 1.95 bits per heavy atom. The van der Waals surface area contributed by atoms with Crippen molar-refractivity contribution in [1.82, 2.24) is 9.80 Å². The van der Waals surface area contributed by atoms with Gasteiger partial charge in [-0.05, 0) is 25.5 Å². The molecule has 0 bridgehead atoms. The maximum Gasteiger partial charge on any atom is 0.0471 e. The van der Waals surface area contributed by atoms with Gasteiger partial charge in [0.25, 0.3) is 0 Å². The van der Waals surface area contributed by atoms with Crippen LogP contribution < -0.4 is 5.73 Å². The summed E-state index contributed by atoms with van der Waals surface area (Å²) < 4.78 is 0. The van der Waals surface area contributed by atoms with Crippen LogP contribution in [0.2, 0.25) is 5.02 Å². The van der Waals surface area contributed by atoms with Gasteiger partial charge in [0.1, 0.15) is 0 Å². The van der Waals surface area contributed by atoms with Crippen molar-refractivity contribution >= 4 is 17.3 Å². The molecule has 1 atom stereocenters. The smallest absolute Gasteiger partial charge is 0.0471 e. The number of halogens is 1. The zero-order chi connectivity index (χ0) is 13.8. The van der Waals surface area contributed by atoms with Crippen molar-refractivity contribution in [3.05, 3.63) is 28.8 Å². The second-order valence-corrected chi connectivity index (χ2v) is 5.78. The number of benzene rings is 1. The van der Waals surface area contributed by atoms with E-state index in [1.165, 1.54) is 6.42 Å². The Kier molecular flexibility index (Phi) is 5.08. The third-order valence-corrected chi connectivity index (χ3v) is 4.51. The van der Waals surface area contributed by atoms with Crippen LogP contribution >= 0.6 is 11.6 Å². The van der Waals surface area contributed by atoms with Gasteiger partial charge in [-0.15, -0.1) is 0 Å². The van der Waals surface area contributed by atoms with Crippen LogP contribution in [-0.2, 0) is 6.54 Å². The largest absolute Gasteiger partial charge is 0.398 e. The molecule has 1 heterocycles. The number of anilines is 1. The highest BCUT2D eigenvalue weighted by atomic mass is 35.5. The van der Waals surface area contributed by atoms with Crippen molar-refractivity contribution in [2.24, 2.45) is 0 Å². The topological polar surface area (TPSA) is 32.5 Å². The monoisotopic (exact) mass is 281 g/mol. The molecule has 1 aromatic rings. The number of rotatable bonds is 4. The van der Waals surface area contributed by atoms with E-state index in [1.54, 1.807) is 0 Å². The minimum atomic E-state index is 0.688. The summed E-state index contributed by atoms with van der Waals surface area (Å²) in [5.74, 6) is 0. The first-order valence-corrected chi connectivity index (χ1v) is 7.49. The molecule has 1 saturated heterocycles. The van der Waals surface area contributed by atoms with Gasteiger partial charge >= 0.3 is 0 Å². The quantitative estimate of drug-likeness (QED) is 0.862. The van der Waals surface area contributed by atoms with Crippen molar-refractivity contribution < 1.29 is 0 Å². The molecule has 2 rings (SSSR count). The van der Waals surface area contributed by atoms with Crippen LogP contribution in [0.25, 0.3) is 0 Å². The van der Waals surface area contributed by atoms with E-state index in [9.17, 15) is 0 Å². The maximum atomic E-state index is 6.23. The van der Waals surface area contributed by atoms with Crippen molar-refractivity contribution in [3.8, 4) is 0 Å². The molecule has 2 N–H and O–H groups in total. The zero-order valence-electron chi connectivity index (χ0n) is 11.9. The first-order valence-electron chi connectivity index (χ1n) is 7.11. The van der Waals surface area contributed by atoms with Crippen molar-refractivity contribution in [3.63, 3.8) is 0 Å². The van der Waals surface area contributed by atoms with Gasteiger partial charge < -0.3 is 5.73 Å². The number of hydrogen-bond donors (Lipinski definition) is 1. The van der Waals surface area contributed by atoms with Gasteiger partial charge in [0.05, 0.1) is 0 Å². The van der Waals surface area contributed by atoms with Crippen molar-refractivity contribution in [2.75, 3.05) is 31.9 Å². The summed E-state index contributed by atoms with van der Waals surface area (Å²) in [6.45, 7) is 9.88.